The number of ether oxygens (including phenoxy) is 2. The van der Waals surface area contributed by atoms with Gasteiger partial charge in [0.05, 0.1) is 11.3 Å². The first-order valence-corrected chi connectivity index (χ1v) is 14.2. The average Bonchev–Trinajstić information content (AvgIpc) is 3.02. The number of nitrogens with zero attached hydrogens (tertiary/aromatic N) is 2. The lowest BCUT2D eigenvalue weighted by molar-refractivity contribution is 0.0343. The van der Waals surface area contributed by atoms with Gasteiger partial charge in [0.25, 0.3) is 5.91 Å². The van der Waals surface area contributed by atoms with E-state index < -0.39 is 5.60 Å². The first kappa shape index (κ1) is 29.4. The molecule has 43 heavy (non-hydrogen) atoms. The van der Waals surface area contributed by atoms with Crippen molar-refractivity contribution in [2.45, 2.75) is 52.9 Å². The maximum absolute atomic E-state index is 12.4. The highest BCUT2D eigenvalue weighted by Crippen LogP contribution is 2.42. The standard InChI is InChI=1S/C34H37N5O4/c1-21-22(2)32-30(23(3)31(21)36)28(39-42-19-25-8-6-5-7-9-25)16-34(4,43-32)20-41-27-13-10-24(11-14-27)17-38-33(40)26-12-15-29(35)37-18-26/h5-15,18H,16-17,19-20,36H2,1-4H3,(H2,35,37)(H,38,40)/b39-28+. The normalized spacial score (nSPS) is 16.7. The van der Waals surface area contributed by atoms with Crippen LogP contribution in [0.4, 0.5) is 11.5 Å². The number of aromatic nitrogens is 1. The molecule has 0 fully saturated rings. The molecule has 0 bridgehead atoms. The number of oxime groups is 1. The van der Waals surface area contributed by atoms with E-state index in [2.05, 4.69) is 15.5 Å². The summed E-state index contributed by atoms with van der Waals surface area (Å²) >= 11 is 0. The van der Waals surface area contributed by atoms with Crippen LogP contribution < -0.4 is 26.3 Å². The Kier molecular flexibility index (Phi) is 8.52. The zero-order valence-electron chi connectivity index (χ0n) is 24.9. The van der Waals surface area contributed by atoms with Crippen LogP contribution in [-0.4, -0.2) is 28.8 Å². The number of pyridine rings is 1. The molecule has 2 heterocycles. The maximum Gasteiger partial charge on any atom is 0.253 e. The van der Waals surface area contributed by atoms with Crippen LogP contribution in [0, 0.1) is 20.8 Å². The van der Waals surface area contributed by atoms with Gasteiger partial charge in [-0.05, 0) is 79.8 Å². The number of hydrogen-bond acceptors (Lipinski definition) is 8. The number of rotatable bonds is 9. The number of nitrogens with one attached hydrogen (secondary N) is 1. The molecule has 0 saturated heterocycles. The van der Waals surface area contributed by atoms with Gasteiger partial charge in [-0.15, -0.1) is 0 Å². The molecule has 4 aromatic rings. The van der Waals surface area contributed by atoms with Gasteiger partial charge in [-0.25, -0.2) is 4.98 Å². The van der Waals surface area contributed by atoms with Crippen molar-refractivity contribution in [1.29, 1.82) is 0 Å². The van der Waals surface area contributed by atoms with E-state index in [1.165, 1.54) is 6.20 Å². The number of hydrogen-bond donors (Lipinski definition) is 3. The molecule has 0 saturated carbocycles. The van der Waals surface area contributed by atoms with Crippen LogP contribution in [0.1, 0.15) is 57.1 Å². The largest absolute Gasteiger partial charge is 0.489 e. The van der Waals surface area contributed by atoms with Gasteiger partial charge in [0.1, 0.15) is 36.1 Å². The van der Waals surface area contributed by atoms with E-state index in [0.717, 1.165) is 50.5 Å². The summed E-state index contributed by atoms with van der Waals surface area (Å²) in [6.45, 7) is 9.03. The van der Waals surface area contributed by atoms with Crippen LogP contribution in [0.2, 0.25) is 0 Å². The van der Waals surface area contributed by atoms with Crippen molar-refractivity contribution in [3.8, 4) is 11.5 Å². The Hall–Kier alpha value is -5.05. The molecule has 5 rings (SSSR count). The van der Waals surface area contributed by atoms with Crippen molar-refractivity contribution in [3.05, 3.63) is 112 Å². The highest BCUT2D eigenvalue weighted by molar-refractivity contribution is 6.07. The number of nitrogens with two attached hydrogens (primary N) is 2. The lowest BCUT2D eigenvalue weighted by atomic mass is 9.85. The summed E-state index contributed by atoms with van der Waals surface area (Å²) in [5.74, 6) is 1.59. The monoisotopic (exact) mass is 579 g/mol. The Morgan fingerprint density at radius 2 is 1.72 bits per heavy atom. The molecule has 9 heteroatoms. The van der Waals surface area contributed by atoms with Crippen LogP contribution in [-0.2, 0) is 18.0 Å². The molecular formula is C34H37N5O4. The first-order chi connectivity index (χ1) is 20.6. The Bertz CT molecular complexity index is 1640. The van der Waals surface area contributed by atoms with Gasteiger partial charge in [-0.2, -0.15) is 0 Å². The molecule has 3 aromatic carbocycles. The zero-order chi connectivity index (χ0) is 30.6. The molecule has 5 N–H and O–H groups in total. The van der Waals surface area contributed by atoms with Crippen molar-refractivity contribution in [2.75, 3.05) is 18.1 Å². The molecular weight excluding hydrogens is 542 g/mol. The minimum absolute atomic E-state index is 0.219. The number of carbonyl (C=O) groups is 1. The van der Waals surface area contributed by atoms with Crippen LogP contribution in [0.3, 0.4) is 0 Å². The van der Waals surface area contributed by atoms with Crippen LogP contribution in [0.15, 0.2) is 78.1 Å². The van der Waals surface area contributed by atoms with E-state index in [0.29, 0.717) is 36.7 Å². The molecule has 0 aliphatic carbocycles. The van der Waals surface area contributed by atoms with E-state index >= 15 is 0 Å². The van der Waals surface area contributed by atoms with Crippen molar-refractivity contribution >= 4 is 23.1 Å². The molecule has 222 valence electrons. The smallest absolute Gasteiger partial charge is 0.253 e. The molecule has 1 amide bonds. The quantitative estimate of drug-likeness (QED) is 0.173. The van der Waals surface area contributed by atoms with Gasteiger partial charge in [0.2, 0.25) is 0 Å². The van der Waals surface area contributed by atoms with E-state index in [4.69, 9.17) is 25.8 Å². The van der Waals surface area contributed by atoms with Gasteiger partial charge in [-0.1, -0.05) is 47.6 Å². The summed E-state index contributed by atoms with van der Waals surface area (Å²) in [5, 5.41) is 7.49. The van der Waals surface area contributed by atoms with Gasteiger partial charge in [0, 0.05) is 30.4 Å². The minimum Gasteiger partial charge on any atom is -0.489 e. The van der Waals surface area contributed by atoms with Crippen molar-refractivity contribution < 1.29 is 19.1 Å². The number of anilines is 2. The van der Waals surface area contributed by atoms with Crippen LogP contribution >= 0.6 is 0 Å². The number of benzene rings is 3. The summed E-state index contributed by atoms with van der Waals surface area (Å²) in [6, 6.07) is 20.8. The zero-order valence-corrected chi connectivity index (χ0v) is 24.9. The Morgan fingerprint density at radius 3 is 2.42 bits per heavy atom. The average molecular weight is 580 g/mol. The third kappa shape index (κ3) is 6.72. The molecule has 9 nitrogen and oxygen atoms in total. The predicted octanol–water partition coefficient (Wildman–Crippen LogP) is 5.64. The van der Waals surface area contributed by atoms with Crippen LogP contribution in [0.25, 0.3) is 0 Å². The summed E-state index contributed by atoms with van der Waals surface area (Å²) in [6.07, 6.45) is 1.93. The second kappa shape index (κ2) is 12.4. The fourth-order valence-corrected chi connectivity index (χ4v) is 5.03. The minimum atomic E-state index is -0.707. The lowest BCUT2D eigenvalue weighted by Gasteiger charge is -2.38. The number of fused-ring (bicyclic) bond motifs is 1. The van der Waals surface area contributed by atoms with Crippen molar-refractivity contribution in [3.63, 3.8) is 0 Å². The van der Waals surface area contributed by atoms with E-state index in [9.17, 15) is 4.79 Å². The topological polar surface area (TPSA) is 134 Å². The van der Waals surface area contributed by atoms with Gasteiger partial charge in [0.15, 0.2) is 0 Å². The molecule has 0 radical (unpaired) electrons. The molecule has 1 atom stereocenters. The second-order valence-electron chi connectivity index (χ2n) is 11.1. The fourth-order valence-electron chi connectivity index (χ4n) is 5.03. The van der Waals surface area contributed by atoms with E-state index in [1.807, 2.05) is 82.3 Å². The van der Waals surface area contributed by atoms with Gasteiger partial charge in [-0.3, -0.25) is 4.79 Å². The Morgan fingerprint density at radius 1 is 0.977 bits per heavy atom. The van der Waals surface area contributed by atoms with Crippen molar-refractivity contribution in [1.82, 2.24) is 10.3 Å². The molecule has 1 aliphatic rings. The van der Waals surface area contributed by atoms with Crippen molar-refractivity contribution in [2.24, 2.45) is 5.16 Å². The highest BCUT2D eigenvalue weighted by Gasteiger charge is 2.39. The molecule has 1 aliphatic heterocycles. The SMILES string of the molecule is Cc1c(C)c2c(c(C)c1N)/C(=N/OCc1ccccc1)CC(C)(COc1ccc(CNC(=O)c3ccc(N)nc3)cc1)O2. The fraction of sp³-hybridized carbons (Fsp3) is 0.265. The second-order valence-corrected chi connectivity index (χ2v) is 11.1. The summed E-state index contributed by atoms with van der Waals surface area (Å²) < 4.78 is 12.9. The molecule has 1 aromatic heterocycles. The number of amides is 1. The summed E-state index contributed by atoms with van der Waals surface area (Å²) in [5.41, 5.74) is 19.1. The van der Waals surface area contributed by atoms with E-state index in [-0.39, 0.29) is 12.5 Å². The Balaban J connectivity index is 1.28. The predicted molar refractivity (Wildman–Crippen MR) is 168 cm³/mol. The van der Waals surface area contributed by atoms with Gasteiger partial charge < -0.3 is 31.1 Å². The number of nitrogen functional groups attached to an aromatic ring is 2. The van der Waals surface area contributed by atoms with E-state index in [1.54, 1.807) is 12.1 Å². The first-order valence-electron chi connectivity index (χ1n) is 14.2. The highest BCUT2D eigenvalue weighted by atomic mass is 16.6. The third-order valence-electron chi connectivity index (χ3n) is 7.71. The summed E-state index contributed by atoms with van der Waals surface area (Å²) in [7, 11) is 0. The molecule has 1 unspecified atom stereocenters. The van der Waals surface area contributed by atoms with Gasteiger partial charge >= 0.3 is 0 Å². The Labute approximate surface area is 251 Å². The summed E-state index contributed by atoms with van der Waals surface area (Å²) in [4.78, 5) is 22.2. The third-order valence-corrected chi connectivity index (χ3v) is 7.71. The van der Waals surface area contributed by atoms with Crippen LogP contribution in [0.5, 0.6) is 11.5 Å². The maximum atomic E-state index is 12.4. The number of carbonyl (C=O) groups excluding carboxylic acids is 1. The molecule has 0 spiro atoms. The lowest BCUT2D eigenvalue weighted by Crippen LogP contribution is -2.45.